The number of aryl methyl sites for hydroxylation is 1. The quantitative estimate of drug-likeness (QED) is 0.727. The summed E-state index contributed by atoms with van der Waals surface area (Å²) in [5.41, 5.74) is 4.40. The molecule has 5 nitrogen and oxygen atoms in total. The first-order valence-electron chi connectivity index (χ1n) is 12.1. The summed E-state index contributed by atoms with van der Waals surface area (Å²) in [6.07, 6.45) is 1.80. The van der Waals surface area contributed by atoms with Gasteiger partial charge in [0.05, 0.1) is 0 Å². The van der Waals surface area contributed by atoms with Crippen molar-refractivity contribution in [2.75, 3.05) is 52.2 Å². The molecule has 2 aromatic carbocycles. The van der Waals surface area contributed by atoms with Crippen LogP contribution >= 0.6 is 0 Å². The molecule has 33 heavy (non-hydrogen) atoms. The van der Waals surface area contributed by atoms with Gasteiger partial charge in [0.1, 0.15) is 5.82 Å². The number of nitrogens with one attached hydrogen (secondary N) is 1. The number of likely N-dealkylation sites (N-methyl/N-ethyl adjacent to an activating group) is 1. The molecule has 0 unspecified atom stereocenters. The monoisotopic (exact) mass is 452 g/mol. The summed E-state index contributed by atoms with van der Waals surface area (Å²) in [5.74, 6) is 0.578. The third-order valence-electron chi connectivity index (χ3n) is 7.56. The molecule has 0 aromatic heterocycles. The second kappa shape index (κ2) is 10.2. The number of piperidine rings is 1. The number of likely N-dealkylation sites (tertiary alicyclic amines) is 1. The first kappa shape index (κ1) is 23.7. The van der Waals surface area contributed by atoms with Gasteiger partial charge in [-0.3, -0.25) is 9.69 Å². The van der Waals surface area contributed by atoms with Gasteiger partial charge in [-0.15, -0.1) is 0 Å². The lowest BCUT2D eigenvalue weighted by molar-refractivity contribution is -0.125. The molecule has 0 spiro atoms. The van der Waals surface area contributed by atoms with Crippen LogP contribution in [0.1, 0.15) is 35.4 Å². The van der Waals surface area contributed by atoms with Gasteiger partial charge < -0.3 is 15.1 Å². The second-order valence-corrected chi connectivity index (χ2v) is 9.83. The summed E-state index contributed by atoms with van der Waals surface area (Å²) < 4.78 is 14.4. The summed E-state index contributed by atoms with van der Waals surface area (Å²) in [6, 6.07) is 14.7. The van der Waals surface area contributed by atoms with Crippen molar-refractivity contribution in [2.45, 2.75) is 38.3 Å². The summed E-state index contributed by atoms with van der Waals surface area (Å²) in [7, 11) is 6.00. The number of hydrogen-bond donors (Lipinski definition) is 1. The Kier molecular flexibility index (Phi) is 7.35. The highest BCUT2D eigenvalue weighted by Crippen LogP contribution is 2.33. The van der Waals surface area contributed by atoms with Crippen LogP contribution in [-0.4, -0.2) is 69.1 Å². The lowest BCUT2D eigenvalue weighted by atomic mass is 9.92. The van der Waals surface area contributed by atoms with Gasteiger partial charge >= 0.3 is 0 Å². The van der Waals surface area contributed by atoms with Crippen molar-refractivity contribution in [3.63, 3.8) is 0 Å². The number of carbonyl (C=O) groups excluding carboxylic acids is 1. The molecule has 2 atom stereocenters. The standard InChI is InChI=1S/C27H37FN4O/c1-19-6-5-7-25(28)23(19)16-31-17-24(26(18-31)30(3)4)20-8-10-22(11-9-20)32-14-12-21(13-15-32)27(33)29-2/h5-11,21,24,26H,12-18H2,1-4H3,(H,29,33)/t24-,26+/m1/s1. The highest BCUT2D eigenvalue weighted by molar-refractivity contribution is 5.78. The highest BCUT2D eigenvalue weighted by Gasteiger charge is 2.35. The van der Waals surface area contributed by atoms with E-state index in [1.165, 1.54) is 11.3 Å². The summed E-state index contributed by atoms with van der Waals surface area (Å²) in [5, 5.41) is 2.78. The van der Waals surface area contributed by atoms with Gasteiger partial charge in [-0.25, -0.2) is 4.39 Å². The maximum atomic E-state index is 14.4. The second-order valence-electron chi connectivity index (χ2n) is 9.83. The average molecular weight is 453 g/mol. The Labute approximate surface area is 197 Å². The first-order valence-corrected chi connectivity index (χ1v) is 12.1. The zero-order chi connectivity index (χ0) is 23.5. The Morgan fingerprint density at radius 3 is 2.39 bits per heavy atom. The van der Waals surface area contributed by atoms with Gasteiger partial charge in [-0.1, -0.05) is 24.3 Å². The van der Waals surface area contributed by atoms with Crippen molar-refractivity contribution < 1.29 is 9.18 Å². The number of rotatable bonds is 6. The minimum atomic E-state index is -0.107. The van der Waals surface area contributed by atoms with Crippen LogP contribution in [0, 0.1) is 18.7 Å². The summed E-state index contributed by atoms with van der Waals surface area (Å²) in [6.45, 7) is 6.32. The first-order chi connectivity index (χ1) is 15.9. The Morgan fingerprint density at radius 2 is 1.79 bits per heavy atom. The Hall–Kier alpha value is -2.44. The highest BCUT2D eigenvalue weighted by atomic mass is 19.1. The normalized spacial score (nSPS) is 22.2. The van der Waals surface area contributed by atoms with Crippen LogP contribution in [0.3, 0.4) is 0 Å². The van der Waals surface area contributed by atoms with E-state index in [0.717, 1.165) is 50.1 Å². The molecule has 4 rings (SSSR count). The van der Waals surface area contributed by atoms with Crippen molar-refractivity contribution in [3.05, 3.63) is 65.0 Å². The number of amides is 1. The predicted molar refractivity (Wildman–Crippen MR) is 132 cm³/mol. The Morgan fingerprint density at radius 1 is 1.09 bits per heavy atom. The third kappa shape index (κ3) is 5.22. The summed E-state index contributed by atoms with van der Waals surface area (Å²) in [4.78, 5) is 19.0. The molecule has 0 saturated carbocycles. The van der Waals surface area contributed by atoms with Gasteiger partial charge in [0.15, 0.2) is 0 Å². The SMILES string of the molecule is CNC(=O)C1CCN(c2ccc([C@H]3CN(Cc4c(C)cccc4F)C[C@@H]3N(C)C)cc2)CC1. The van der Waals surface area contributed by atoms with Gasteiger partial charge in [0, 0.05) is 68.9 Å². The maximum absolute atomic E-state index is 14.4. The molecule has 1 N–H and O–H groups in total. The van der Waals surface area contributed by atoms with Crippen molar-refractivity contribution in [1.29, 1.82) is 0 Å². The number of halogens is 1. The molecule has 2 aliphatic rings. The molecule has 6 heteroatoms. The van der Waals surface area contributed by atoms with Gasteiger partial charge in [0.25, 0.3) is 0 Å². The van der Waals surface area contributed by atoms with E-state index in [2.05, 4.69) is 58.4 Å². The van der Waals surface area contributed by atoms with Crippen molar-refractivity contribution in [3.8, 4) is 0 Å². The minimum Gasteiger partial charge on any atom is -0.371 e. The van der Waals surface area contributed by atoms with Crippen LogP contribution in [0.4, 0.5) is 10.1 Å². The van der Waals surface area contributed by atoms with E-state index in [1.807, 2.05) is 13.0 Å². The van der Waals surface area contributed by atoms with Crippen LogP contribution in [0.15, 0.2) is 42.5 Å². The molecular weight excluding hydrogens is 415 g/mol. The smallest absolute Gasteiger partial charge is 0.222 e. The molecule has 2 saturated heterocycles. The van der Waals surface area contributed by atoms with Crippen LogP contribution in [-0.2, 0) is 11.3 Å². The molecule has 0 bridgehead atoms. The third-order valence-corrected chi connectivity index (χ3v) is 7.56. The van der Waals surface area contributed by atoms with Crippen LogP contribution in [0.25, 0.3) is 0 Å². The fraction of sp³-hybridized carbons (Fsp3) is 0.519. The topological polar surface area (TPSA) is 38.8 Å². The fourth-order valence-electron chi connectivity index (χ4n) is 5.47. The molecule has 2 heterocycles. The number of hydrogen-bond acceptors (Lipinski definition) is 4. The molecule has 2 fully saturated rings. The van der Waals surface area contributed by atoms with Gasteiger partial charge in [-0.2, -0.15) is 0 Å². The van der Waals surface area contributed by atoms with E-state index in [9.17, 15) is 9.18 Å². The lowest BCUT2D eigenvalue weighted by Crippen LogP contribution is -2.39. The number of carbonyl (C=O) groups is 1. The Balaban J connectivity index is 1.43. The van der Waals surface area contributed by atoms with E-state index in [0.29, 0.717) is 18.5 Å². The fourth-order valence-corrected chi connectivity index (χ4v) is 5.47. The van der Waals surface area contributed by atoms with Crippen LogP contribution in [0.5, 0.6) is 0 Å². The largest absolute Gasteiger partial charge is 0.371 e. The van der Waals surface area contributed by atoms with E-state index >= 15 is 0 Å². The van der Waals surface area contributed by atoms with Crippen LogP contribution in [0.2, 0.25) is 0 Å². The molecule has 2 aromatic rings. The Bertz CT molecular complexity index is 933. The molecular formula is C27H37FN4O. The number of nitrogens with zero attached hydrogens (tertiary/aromatic N) is 3. The van der Waals surface area contributed by atoms with Crippen molar-refractivity contribution >= 4 is 11.6 Å². The summed E-state index contributed by atoms with van der Waals surface area (Å²) >= 11 is 0. The number of anilines is 1. The van der Waals surface area contributed by atoms with E-state index in [4.69, 9.17) is 0 Å². The van der Waals surface area contributed by atoms with E-state index in [-0.39, 0.29) is 17.6 Å². The van der Waals surface area contributed by atoms with Gasteiger partial charge in [0.2, 0.25) is 5.91 Å². The van der Waals surface area contributed by atoms with E-state index in [1.54, 1.807) is 19.2 Å². The zero-order valence-electron chi connectivity index (χ0n) is 20.4. The number of benzene rings is 2. The maximum Gasteiger partial charge on any atom is 0.222 e. The predicted octanol–water partition coefficient (Wildman–Crippen LogP) is 3.63. The molecule has 0 aliphatic carbocycles. The van der Waals surface area contributed by atoms with Crippen molar-refractivity contribution in [2.24, 2.45) is 5.92 Å². The lowest BCUT2D eigenvalue weighted by Gasteiger charge is -2.33. The van der Waals surface area contributed by atoms with Gasteiger partial charge in [-0.05, 0) is 63.2 Å². The molecule has 0 radical (unpaired) electrons. The zero-order valence-corrected chi connectivity index (χ0v) is 20.4. The van der Waals surface area contributed by atoms with E-state index < -0.39 is 0 Å². The van der Waals surface area contributed by atoms with Crippen LogP contribution < -0.4 is 10.2 Å². The average Bonchev–Trinajstić information content (AvgIpc) is 3.26. The molecule has 2 aliphatic heterocycles. The molecule has 178 valence electrons. The molecule has 1 amide bonds. The van der Waals surface area contributed by atoms with Crippen molar-refractivity contribution in [1.82, 2.24) is 15.1 Å². The minimum absolute atomic E-state index is 0.107.